The van der Waals surface area contributed by atoms with E-state index in [0.717, 1.165) is 19.5 Å². The smallest absolute Gasteiger partial charge is 0.321 e. The molecular weight excluding hydrogens is 256 g/mol. The SMILES string of the molecule is CC(C)CNC(=O)NC(=O)CN1CCC(N)C(C)(C)C1. The highest BCUT2D eigenvalue weighted by Gasteiger charge is 2.33. The summed E-state index contributed by atoms with van der Waals surface area (Å²) in [4.78, 5) is 25.4. The normalized spacial score (nSPS) is 22.6. The summed E-state index contributed by atoms with van der Waals surface area (Å²) < 4.78 is 0. The molecule has 6 heteroatoms. The Morgan fingerprint density at radius 3 is 2.60 bits per heavy atom. The van der Waals surface area contributed by atoms with Crippen molar-refractivity contribution in [2.45, 2.75) is 40.2 Å². The van der Waals surface area contributed by atoms with Gasteiger partial charge in [0.05, 0.1) is 6.54 Å². The summed E-state index contributed by atoms with van der Waals surface area (Å²) >= 11 is 0. The van der Waals surface area contributed by atoms with Crippen molar-refractivity contribution in [1.29, 1.82) is 0 Å². The van der Waals surface area contributed by atoms with Gasteiger partial charge in [0.1, 0.15) is 0 Å². The van der Waals surface area contributed by atoms with Gasteiger partial charge in [0.15, 0.2) is 0 Å². The molecule has 1 atom stereocenters. The zero-order valence-electron chi connectivity index (χ0n) is 13.0. The summed E-state index contributed by atoms with van der Waals surface area (Å²) in [6.07, 6.45) is 0.875. The van der Waals surface area contributed by atoms with E-state index in [1.807, 2.05) is 13.8 Å². The van der Waals surface area contributed by atoms with Crippen LogP contribution >= 0.6 is 0 Å². The number of nitrogens with one attached hydrogen (secondary N) is 2. The van der Waals surface area contributed by atoms with Crippen molar-refractivity contribution in [1.82, 2.24) is 15.5 Å². The molecule has 1 heterocycles. The van der Waals surface area contributed by atoms with Crippen LogP contribution in [0.5, 0.6) is 0 Å². The number of carbonyl (C=O) groups is 2. The van der Waals surface area contributed by atoms with Crippen molar-refractivity contribution in [3.05, 3.63) is 0 Å². The molecule has 3 amide bonds. The minimum absolute atomic E-state index is 0.00156. The van der Waals surface area contributed by atoms with Crippen LogP contribution in [0.4, 0.5) is 4.79 Å². The maximum atomic E-state index is 11.8. The third-order valence-corrected chi connectivity index (χ3v) is 3.68. The Labute approximate surface area is 121 Å². The van der Waals surface area contributed by atoms with Crippen LogP contribution in [0.25, 0.3) is 0 Å². The molecule has 6 nitrogen and oxygen atoms in total. The summed E-state index contributed by atoms with van der Waals surface area (Å²) in [7, 11) is 0. The average molecular weight is 284 g/mol. The predicted molar refractivity (Wildman–Crippen MR) is 79.2 cm³/mol. The topological polar surface area (TPSA) is 87.5 Å². The number of nitrogens with two attached hydrogens (primary N) is 1. The van der Waals surface area contributed by atoms with E-state index in [-0.39, 0.29) is 23.9 Å². The highest BCUT2D eigenvalue weighted by molar-refractivity contribution is 5.95. The Kier molecular flexibility index (Phi) is 5.95. The lowest BCUT2D eigenvalue weighted by Gasteiger charge is -2.42. The van der Waals surface area contributed by atoms with Gasteiger partial charge in [-0.25, -0.2) is 4.79 Å². The van der Waals surface area contributed by atoms with Gasteiger partial charge in [-0.1, -0.05) is 27.7 Å². The molecule has 1 rings (SSSR count). The Hall–Kier alpha value is -1.14. The Bertz CT molecular complexity index is 355. The number of rotatable bonds is 4. The number of piperidine rings is 1. The zero-order valence-corrected chi connectivity index (χ0v) is 13.0. The molecule has 0 saturated carbocycles. The zero-order chi connectivity index (χ0) is 15.3. The number of likely N-dealkylation sites (tertiary alicyclic amines) is 1. The molecule has 0 spiro atoms. The van der Waals surface area contributed by atoms with Crippen LogP contribution in [0, 0.1) is 11.3 Å². The lowest BCUT2D eigenvalue weighted by Crippen LogP contribution is -2.55. The lowest BCUT2D eigenvalue weighted by atomic mass is 9.80. The van der Waals surface area contributed by atoms with Crippen LogP contribution in [0.3, 0.4) is 0 Å². The Balaban J connectivity index is 2.34. The summed E-state index contributed by atoms with van der Waals surface area (Å²) in [5, 5.41) is 5.02. The molecule has 1 saturated heterocycles. The Morgan fingerprint density at radius 2 is 2.05 bits per heavy atom. The second-order valence-electron chi connectivity index (χ2n) is 6.75. The fourth-order valence-electron chi connectivity index (χ4n) is 2.33. The number of imide groups is 1. The quantitative estimate of drug-likeness (QED) is 0.702. The van der Waals surface area contributed by atoms with Gasteiger partial charge in [-0.2, -0.15) is 0 Å². The number of hydrogen-bond acceptors (Lipinski definition) is 4. The van der Waals surface area contributed by atoms with Gasteiger partial charge >= 0.3 is 6.03 Å². The van der Waals surface area contributed by atoms with Crippen molar-refractivity contribution < 1.29 is 9.59 Å². The van der Waals surface area contributed by atoms with Gasteiger partial charge in [-0.3, -0.25) is 15.0 Å². The van der Waals surface area contributed by atoms with E-state index in [1.165, 1.54) is 0 Å². The molecule has 20 heavy (non-hydrogen) atoms. The maximum absolute atomic E-state index is 11.8. The second-order valence-corrected chi connectivity index (χ2v) is 6.75. The lowest BCUT2D eigenvalue weighted by molar-refractivity contribution is -0.122. The summed E-state index contributed by atoms with van der Waals surface area (Å²) in [5.74, 6) is 0.0951. The fraction of sp³-hybridized carbons (Fsp3) is 0.857. The maximum Gasteiger partial charge on any atom is 0.321 e. The van der Waals surface area contributed by atoms with Crippen LogP contribution in [0.1, 0.15) is 34.1 Å². The standard InChI is InChI=1S/C14H28N4O2/c1-10(2)7-16-13(20)17-12(19)8-18-6-5-11(15)14(3,4)9-18/h10-11H,5-9,15H2,1-4H3,(H2,16,17,19,20). The number of amides is 3. The molecule has 0 radical (unpaired) electrons. The first-order valence-electron chi connectivity index (χ1n) is 7.26. The number of urea groups is 1. The van der Waals surface area contributed by atoms with E-state index in [1.54, 1.807) is 0 Å². The Morgan fingerprint density at radius 1 is 1.40 bits per heavy atom. The third kappa shape index (κ3) is 5.46. The third-order valence-electron chi connectivity index (χ3n) is 3.68. The van der Waals surface area contributed by atoms with Crippen molar-refractivity contribution in [2.75, 3.05) is 26.2 Å². The molecule has 4 N–H and O–H groups in total. The van der Waals surface area contributed by atoms with Gasteiger partial charge in [0.25, 0.3) is 0 Å². The highest BCUT2D eigenvalue weighted by atomic mass is 16.2. The van der Waals surface area contributed by atoms with Gasteiger partial charge in [-0.05, 0) is 17.8 Å². The summed E-state index contributed by atoms with van der Waals surface area (Å²) in [6.45, 7) is 10.6. The average Bonchev–Trinajstić information content (AvgIpc) is 2.31. The predicted octanol–water partition coefficient (Wildman–Crippen LogP) is 0.527. The van der Waals surface area contributed by atoms with Gasteiger partial charge < -0.3 is 11.1 Å². The van der Waals surface area contributed by atoms with Gasteiger partial charge in [-0.15, -0.1) is 0 Å². The van der Waals surface area contributed by atoms with Crippen LogP contribution in [0.2, 0.25) is 0 Å². The molecule has 1 fully saturated rings. The largest absolute Gasteiger partial charge is 0.338 e. The van der Waals surface area contributed by atoms with Crippen molar-refractivity contribution >= 4 is 11.9 Å². The fourth-order valence-corrected chi connectivity index (χ4v) is 2.33. The van der Waals surface area contributed by atoms with Gasteiger partial charge in [0, 0.05) is 25.7 Å². The molecule has 1 unspecified atom stereocenters. The summed E-state index contributed by atoms with van der Waals surface area (Å²) in [6, 6.07) is -0.257. The van der Waals surface area contributed by atoms with E-state index in [2.05, 4.69) is 29.4 Å². The first kappa shape index (κ1) is 16.9. The molecule has 1 aliphatic heterocycles. The summed E-state index contributed by atoms with van der Waals surface area (Å²) in [5.41, 5.74) is 6.06. The minimum atomic E-state index is -0.420. The van der Waals surface area contributed by atoms with E-state index in [0.29, 0.717) is 12.5 Å². The monoisotopic (exact) mass is 284 g/mol. The molecule has 0 aromatic carbocycles. The molecule has 0 aromatic rings. The van der Waals surface area contributed by atoms with Crippen LogP contribution in [-0.2, 0) is 4.79 Å². The van der Waals surface area contributed by atoms with Crippen LogP contribution < -0.4 is 16.4 Å². The van der Waals surface area contributed by atoms with Crippen LogP contribution in [-0.4, -0.2) is 49.1 Å². The molecule has 0 bridgehead atoms. The van der Waals surface area contributed by atoms with E-state index < -0.39 is 6.03 Å². The first-order valence-corrected chi connectivity index (χ1v) is 7.26. The van der Waals surface area contributed by atoms with E-state index in [9.17, 15) is 9.59 Å². The number of nitrogens with zero attached hydrogens (tertiary/aromatic N) is 1. The molecule has 0 aliphatic carbocycles. The molecule has 116 valence electrons. The highest BCUT2D eigenvalue weighted by Crippen LogP contribution is 2.27. The van der Waals surface area contributed by atoms with E-state index in [4.69, 9.17) is 5.73 Å². The second kappa shape index (κ2) is 7.04. The molecular formula is C14H28N4O2. The molecule has 0 aromatic heterocycles. The first-order chi connectivity index (χ1) is 9.20. The van der Waals surface area contributed by atoms with Crippen molar-refractivity contribution in [3.63, 3.8) is 0 Å². The number of carbonyl (C=O) groups excluding carboxylic acids is 2. The van der Waals surface area contributed by atoms with E-state index >= 15 is 0 Å². The van der Waals surface area contributed by atoms with Gasteiger partial charge in [0.2, 0.25) is 5.91 Å². The van der Waals surface area contributed by atoms with Crippen LogP contribution in [0.15, 0.2) is 0 Å². The number of hydrogen-bond donors (Lipinski definition) is 3. The molecule has 1 aliphatic rings. The van der Waals surface area contributed by atoms with Crippen molar-refractivity contribution in [3.8, 4) is 0 Å². The van der Waals surface area contributed by atoms with Crippen molar-refractivity contribution in [2.24, 2.45) is 17.1 Å². The minimum Gasteiger partial charge on any atom is -0.338 e.